The first-order chi connectivity index (χ1) is 11.2. The Hall–Kier alpha value is -2.70. The molecule has 0 aliphatic heterocycles. The van der Waals surface area contributed by atoms with E-state index in [9.17, 15) is 10.4 Å². The van der Waals surface area contributed by atoms with Gasteiger partial charge in [-0.15, -0.1) is 0 Å². The molecular weight excluding hydrogens is 340 g/mol. The van der Waals surface area contributed by atoms with Crippen LogP contribution in [0.15, 0.2) is 84.9 Å². The molecule has 24 heavy (non-hydrogen) atoms. The molecule has 4 aromatic rings. The molecule has 126 valence electrons. The van der Waals surface area contributed by atoms with Gasteiger partial charge in [-0.1, -0.05) is 12.1 Å². The summed E-state index contributed by atoms with van der Waals surface area (Å²) in [4.78, 5) is 0.332. The fourth-order valence-corrected chi connectivity index (χ4v) is 1.75. The molecular formula is C17H16N4O2Ti-6. The number of nitrogens with zero attached hydrogens (tertiary/aromatic N) is 3. The molecule has 0 radical (unpaired) electrons. The molecule has 1 heterocycles. The summed E-state index contributed by atoms with van der Waals surface area (Å²) in [7, 11) is 0. The third kappa shape index (κ3) is 5.50. The fourth-order valence-electron chi connectivity index (χ4n) is 1.75. The second-order valence-corrected chi connectivity index (χ2v) is 4.44. The molecule has 0 saturated carbocycles. The van der Waals surface area contributed by atoms with Crippen LogP contribution in [-0.4, -0.2) is 5.10 Å². The Morgan fingerprint density at radius 2 is 1.33 bits per heavy atom. The van der Waals surface area contributed by atoms with Gasteiger partial charge in [-0.2, -0.15) is 18.2 Å². The molecule has 0 fully saturated rings. The molecule has 0 unspecified atom stereocenters. The molecule has 1 aromatic heterocycles. The van der Waals surface area contributed by atoms with Crippen molar-refractivity contribution >= 4 is 17.0 Å². The minimum absolute atomic E-state index is 0. The molecule has 0 amide bonds. The Kier molecular flexibility index (Phi) is 8.18. The Balaban J connectivity index is 0.000000216. The van der Waals surface area contributed by atoms with Crippen molar-refractivity contribution in [2.75, 3.05) is 5.73 Å². The van der Waals surface area contributed by atoms with Crippen LogP contribution in [-0.2, 0) is 21.7 Å². The number of benzene rings is 1. The van der Waals surface area contributed by atoms with Crippen molar-refractivity contribution in [1.82, 2.24) is 5.10 Å². The van der Waals surface area contributed by atoms with E-state index in [1.807, 2.05) is 60.7 Å². The predicted molar refractivity (Wildman–Crippen MR) is 88.1 cm³/mol. The second kappa shape index (κ2) is 10.1. The summed E-state index contributed by atoms with van der Waals surface area (Å²) in [5, 5.41) is 25.7. The Morgan fingerprint density at radius 3 is 1.79 bits per heavy atom. The van der Waals surface area contributed by atoms with E-state index in [0.717, 1.165) is 0 Å². The van der Waals surface area contributed by atoms with Gasteiger partial charge in [0.15, 0.2) is 5.52 Å². The largest absolute Gasteiger partial charge is 0.748 e. The zero-order valence-electron chi connectivity index (χ0n) is 12.8. The Morgan fingerprint density at radius 1 is 0.833 bits per heavy atom. The molecule has 0 atom stereocenters. The maximum Gasteiger partial charge on any atom is 0.458 e. The van der Waals surface area contributed by atoms with E-state index in [-0.39, 0.29) is 38.7 Å². The number of rotatable bonds is 0. The molecule has 7 heteroatoms. The van der Waals surface area contributed by atoms with Gasteiger partial charge in [0.2, 0.25) is 5.10 Å². The number of hydrogen-bond donors (Lipinski definition) is 1. The number of aromatic nitrogens is 3. The maximum absolute atomic E-state index is 11.3. The van der Waals surface area contributed by atoms with E-state index in [0.29, 0.717) is 9.58 Å². The van der Waals surface area contributed by atoms with Crippen LogP contribution in [0, 0.1) is 10.4 Å². The van der Waals surface area contributed by atoms with Crippen molar-refractivity contribution in [3.05, 3.63) is 95.3 Å². The summed E-state index contributed by atoms with van der Waals surface area (Å²) < 4.78 is 0.420. The molecule has 0 spiro atoms. The first-order valence-electron chi connectivity index (χ1n) is 6.91. The molecule has 0 aliphatic carbocycles. The van der Waals surface area contributed by atoms with Crippen molar-refractivity contribution in [3.8, 4) is 0 Å². The molecule has 2 N–H and O–H groups in total. The minimum Gasteiger partial charge on any atom is -0.748 e. The van der Waals surface area contributed by atoms with Crippen LogP contribution < -0.4 is 15.3 Å². The van der Waals surface area contributed by atoms with Crippen molar-refractivity contribution in [2.45, 2.75) is 0 Å². The molecule has 6 nitrogen and oxygen atoms in total. The average molecular weight is 356 g/mol. The van der Waals surface area contributed by atoms with E-state index in [2.05, 4.69) is 5.10 Å². The molecule has 0 saturated heterocycles. The number of nitrogen functional groups attached to an aromatic ring is 1. The first-order valence-corrected chi connectivity index (χ1v) is 6.91. The quantitative estimate of drug-likeness (QED) is 0.225. The third-order valence-electron chi connectivity index (χ3n) is 2.82. The van der Waals surface area contributed by atoms with Gasteiger partial charge in [0.05, 0.1) is 0 Å². The van der Waals surface area contributed by atoms with Gasteiger partial charge in [0.1, 0.15) is 0 Å². The van der Waals surface area contributed by atoms with Crippen LogP contribution in [0.25, 0.3) is 11.0 Å². The Bertz CT molecular complexity index is 757. The molecule has 0 aliphatic rings. The number of anilines is 1. The monoisotopic (exact) mass is 356 g/mol. The maximum atomic E-state index is 11.3. The topological polar surface area (TPSA) is 92.8 Å². The average Bonchev–Trinajstić information content (AvgIpc) is 3.30. The van der Waals surface area contributed by atoms with E-state index >= 15 is 0 Å². The van der Waals surface area contributed by atoms with E-state index in [1.54, 1.807) is 12.1 Å². The number of nitrogens with two attached hydrogens (primary N) is 1. The molecule has 0 bridgehead atoms. The summed E-state index contributed by atoms with van der Waals surface area (Å²) in [5.41, 5.74) is 5.62. The third-order valence-corrected chi connectivity index (χ3v) is 2.82. The number of hydrogen-bond acceptors (Lipinski definition) is 4. The van der Waals surface area contributed by atoms with E-state index < -0.39 is 0 Å². The summed E-state index contributed by atoms with van der Waals surface area (Å²) >= 11 is 0. The van der Waals surface area contributed by atoms with Gasteiger partial charge in [0.25, 0.3) is 5.52 Å². The van der Waals surface area contributed by atoms with Gasteiger partial charge in [-0.3, -0.25) is 5.73 Å². The van der Waals surface area contributed by atoms with Gasteiger partial charge >= 0.3 is 5.95 Å². The smallest absolute Gasteiger partial charge is 0.458 e. The van der Waals surface area contributed by atoms with E-state index in [4.69, 9.17) is 5.73 Å². The van der Waals surface area contributed by atoms with Crippen molar-refractivity contribution < 1.29 is 31.3 Å². The second-order valence-electron chi connectivity index (χ2n) is 4.44. The van der Waals surface area contributed by atoms with Crippen molar-refractivity contribution in [2.24, 2.45) is 0 Å². The Labute approximate surface area is 154 Å². The number of fused-ring (bicyclic) bond motifs is 1. The molecule has 4 rings (SSSR count). The van der Waals surface area contributed by atoms with Gasteiger partial charge in [-0.25, -0.2) is 16.9 Å². The van der Waals surface area contributed by atoms with Crippen molar-refractivity contribution in [3.63, 3.8) is 0 Å². The van der Waals surface area contributed by atoms with Crippen LogP contribution in [0.5, 0.6) is 0 Å². The SMILES string of the molecule is Nc1n[n+]([O-])c2ccccc2[n+]1[O-].[Ti].[cH-]1[cH-][cH-][cH-][cH-]1.c1cc[cH-]c1. The van der Waals surface area contributed by atoms with Crippen LogP contribution in [0.4, 0.5) is 5.95 Å². The summed E-state index contributed by atoms with van der Waals surface area (Å²) in [5.74, 6) is -0.353. The van der Waals surface area contributed by atoms with Crippen LogP contribution in [0.2, 0.25) is 0 Å². The zero-order valence-corrected chi connectivity index (χ0v) is 14.4. The molecule has 3 aromatic carbocycles. The van der Waals surface area contributed by atoms with Gasteiger partial charge < -0.3 is 40.7 Å². The number of para-hydroxylation sites is 2. The standard InChI is InChI=1S/C7H6N4O2.2C5H5.Ti/c8-7-9-11(13)6-4-2-1-3-5(6)10(7)12;2*1-2-4-5-3-1;/h1-4H,(H2,8,9);2*1-5H;/q;-5;-1;. The summed E-state index contributed by atoms with van der Waals surface area (Å²) in [6, 6.07) is 26.3. The first kappa shape index (κ1) is 19.4. The fraction of sp³-hybridized carbons (Fsp3) is 0. The van der Waals surface area contributed by atoms with Gasteiger partial charge in [0, 0.05) is 32.6 Å². The van der Waals surface area contributed by atoms with Gasteiger partial charge in [-0.05, 0) is 6.07 Å². The normalized spacial score (nSPS) is 9.00. The van der Waals surface area contributed by atoms with Crippen LogP contribution in [0.3, 0.4) is 0 Å². The predicted octanol–water partition coefficient (Wildman–Crippen LogP) is 1.89. The summed E-state index contributed by atoms with van der Waals surface area (Å²) in [6.45, 7) is 0. The zero-order chi connectivity index (χ0) is 16.5. The minimum atomic E-state index is -0.353. The van der Waals surface area contributed by atoms with Crippen LogP contribution in [0.1, 0.15) is 0 Å². The van der Waals surface area contributed by atoms with E-state index in [1.165, 1.54) is 12.1 Å². The van der Waals surface area contributed by atoms with Crippen molar-refractivity contribution in [1.29, 1.82) is 0 Å². The summed E-state index contributed by atoms with van der Waals surface area (Å²) in [6.07, 6.45) is 0. The van der Waals surface area contributed by atoms with Crippen LogP contribution >= 0.6 is 0 Å².